The van der Waals surface area contributed by atoms with Crippen molar-refractivity contribution in [3.8, 4) is 0 Å². The standard InChI is InChI=1S/C7H11NO5S/c1-2-6(9)12-8-3-7(10,4-8)5-14-13-11/h2,10-11H,1,3-5H2. The van der Waals surface area contributed by atoms with Crippen molar-refractivity contribution in [2.45, 2.75) is 5.60 Å². The molecule has 0 spiro atoms. The molecule has 1 rings (SSSR count). The van der Waals surface area contributed by atoms with Gasteiger partial charge in [-0.05, 0) is 0 Å². The van der Waals surface area contributed by atoms with Gasteiger partial charge in [0, 0.05) is 18.1 Å². The third kappa shape index (κ3) is 2.96. The molecule has 0 saturated carbocycles. The van der Waals surface area contributed by atoms with Crippen molar-refractivity contribution in [3.05, 3.63) is 12.7 Å². The predicted molar refractivity (Wildman–Crippen MR) is 49.0 cm³/mol. The molecule has 0 aromatic heterocycles. The molecule has 0 unspecified atom stereocenters. The molecule has 1 fully saturated rings. The molecule has 7 heteroatoms. The molecule has 0 radical (unpaired) electrons. The maximum Gasteiger partial charge on any atom is 0.349 e. The fourth-order valence-electron chi connectivity index (χ4n) is 1.07. The summed E-state index contributed by atoms with van der Waals surface area (Å²) in [5, 5.41) is 19.0. The van der Waals surface area contributed by atoms with Gasteiger partial charge in [0.2, 0.25) is 0 Å². The summed E-state index contributed by atoms with van der Waals surface area (Å²) in [7, 11) is 0. The molecule has 0 bridgehead atoms. The first kappa shape index (κ1) is 11.5. The van der Waals surface area contributed by atoms with Crippen LogP contribution in [-0.2, 0) is 14.0 Å². The number of carbonyl (C=O) groups excluding carboxylic acids is 1. The topological polar surface area (TPSA) is 79.2 Å². The smallest absolute Gasteiger partial charge is 0.349 e. The molecule has 1 heterocycles. The van der Waals surface area contributed by atoms with Gasteiger partial charge in [0.25, 0.3) is 0 Å². The summed E-state index contributed by atoms with van der Waals surface area (Å²) >= 11 is 0.736. The third-order valence-corrected chi connectivity index (χ3v) is 2.47. The first-order valence-electron chi connectivity index (χ1n) is 3.84. The second-order valence-electron chi connectivity index (χ2n) is 2.97. The third-order valence-electron chi connectivity index (χ3n) is 1.71. The quantitative estimate of drug-likeness (QED) is 0.288. The maximum absolute atomic E-state index is 10.7. The minimum absolute atomic E-state index is 0.197. The van der Waals surface area contributed by atoms with E-state index in [2.05, 4.69) is 10.9 Å². The van der Waals surface area contributed by atoms with Crippen LogP contribution >= 0.6 is 12.0 Å². The number of rotatable bonds is 5. The molecule has 1 saturated heterocycles. The highest BCUT2D eigenvalue weighted by Gasteiger charge is 2.43. The van der Waals surface area contributed by atoms with Gasteiger partial charge in [-0.3, -0.25) is 0 Å². The number of aliphatic hydroxyl groups is 1. The molecule has 0 amide bonds. The molecule has 6 nitrogen and oxygen atoms in total. The Bertz CT molecular complexity index is 228. The molecule has 14 heavy (non-hydrogen) atoms. The second kappa shape index (κ2) is 4.76. The van der Waals surface area contributed by atoms with Gasteiger partial charge in [-0.25, -0.2) is 10.1 Å². The van der Waals surface area contributed by atoms with Gasteiger partial charge in [0.1, 0.15) is 5.60 Å². The highest BCUT2D eigenvalue weighted by Crippen LogP contribution is 2.25. The number of carbonyl (C=O) groups is 1. The average Bonchev–Trinajstić information content (AvgIpc) is 2.12. The zero-order chi connectivity index (χ0) is 10.6. The van der Waals surface area contributed by atoms with Gasteiger partial charge in [-0.1, -0.05) is 6.58 Å². The van der Waals surface area contributed by atoms with Gasteiger partial charge in [0.05, 0.1) is 18.8 Å². The fourth-order valence-corrected chi connectivity index (χ4v) is 1.52. The Hall–Kier alpha value is -0.600. The zero-order valence-corrected chi connectivity index (χ0v) is 8.20. The van der Waals surface area contributed by atoms with Crippen LogP contribution in [0.3, 0.4) is 0 Å². The van der Waals surface area contributed by atoms with Gasteiger partial charge in [0.15, 0.2) is 0 Å². The van der Waals surface area contributed by atoms with Gasteiger partial charge >= 0.3 is 5.97 Å². The molecule has 80 valence electrons. The van der Waals surface area contributed by atoms with Crippen LogP contribution in [0, 0.1) is 0 Å². The second-order valence-corrected chi connectivity index (χ2v) is 3.65. The highest BCUT2D eigenvalue weighted by atomic mass is 32.2. The van der Waals surface area contributed by atoms with Crippen LogP contribution in [0.1, 0.15) is 0 Å². The lowest BCUT2D eigenvalue weighted by molar-refractivity contribution is -0.250. The maximum atomic E-state index is 10.7. The van der Waals surface area contributed by atoms with E-state index in [-0.39, 0.29) is 18.8 Å². The minimum Gasteiger partial charge on any atom is -0.386 e. The molecule has 0 aliphatic carbocycles. The monoisotopic (exact) mass is 221 g/mol. The van der Waals surface area contributed by atoms with Gasteiger partial charge in [-0.15, -0.1) is 5.06 Å². The van der Waals surface area contributed by atoms with Crippen molar-refractivity contribution in [3.63, 3.8) is 0 Å². The predicted octanol–water partition coefficient (Wildman–Crippen LogP) is -0.185. The summed E-state index contributed by atoms with van der Waals surface area (Å²) < 4.78 is 3.77. The van der Waals surface area contributed by atoms with E-state index in [9.17, 15) is 9.90 Å². The summed E-state index contributed by atoms with van der Waals surface area (Å²) in [6, 6.07) is 0. The number of β-amino-alcohol motifs (C(OH)–C–C–N with tert-alkyl or cyclic N) is 1. The average molecular weight is 221 g/mol. The number of nitrogens with zero attached hydrogens (tertiary/aromatic N) is 1. The van der Waals surface area contributed by atoms with Gasteiger partial charge in [-0.2, -0.15) is 4.33 Å². The van der Waals surface area contributed by atoms with Crippen molar-refractivity contribution < 1.29 is 24.3 Å². The van der Waals surface area contributed by atoms with E-state index in [4.69, 9.17) is 10.1 Å². The number of hydroxylamine groups is 2. The molecular formula is C7H11NO5S. The number of hydrogen-bond donors (Lipinski definition) is 2. The van der Waals surface area contributed by atoms with E-state index < -0.39 is 11.6 Å². The minimum atomic E-state index is -0.977. The van der Waals surface area contributed by atoms with Crippen LogP contribution < -0.4 is 0 Å². The normalized spacial score (nSPS) is 19.9. The fraction of sp³-hybridized carbons (Fsp3) is 0.571. The summed E-state index contributed by atoms with van der Waals surface area (Å²) in [5.74, 6) is -0.343. The van der Waals surface area contributed by atoms with Crippen LogP contribution in [0.15, 0.2) is 12.7 Å². The van der Waals surface area contributed by atoms with Crippen LogP contribution in [0.2, 0.25) is 0 Å². The lowest BCUT2D eigenvalue weighted by Gasteiger charge is -2.43. The summed E-state index contributed by atoms with van der Waals surface area (Å²) in [6.45, 7) is 3.63. The molecule has 0 aromatic carbocycles. The SMILES string of the molecule is C=CC(=O)ON1CC(O)(CSOO)C1. The first-order chi connectivity index (χ1) is 6.59. The first-order valence-corrected chi connectivity index (χ1v) is 4.75. The van der Waals surface area contributed by atoms with Crippen molar-refractivity contribution in [1.82, 2.24) is 5.06 Å². The highest BCUT2D eigenvalue weighted by molar-refractivity contribution is 7.94. The lowest BCUT2D eigenvalue weighted by atomic mass is 10.00. The Labute approximate surface area is 85.2 Å². The molecule has 0 aromatic rings. The van der Waals surface area contributed by atoms with Gasteiger partial charge < -0.3 is 9.94 Å². The molecule has 1 aliphatic rings. The van der Waals surface area contributed by atoms with Crippen LogP contribution in [0.4, 0.5) is 0 Å². The Balaban J connectivity index is 2.21. The Kier molecular flexibility index (Phi) is 3.90. The molecule has 0 atom stereocenters. The summed E-state index contributed by atoms with van der Waals surface area (Å²) in [4.78, 5) is 15.4. The van der Waals surface area contributed by atoms with E-state index >= 15 is 0 Å². The van der Waals surface area contributed by atoms with Crippen molar-refractivity contribution in [2.75, 3.05) is 18.8 Å². The van der Waals surface area contributed by atoms with E-state index in [0.29, 0.717) is 0 Å². The zero-order valence-electron chi connectivity index (χ0n) is 7.38. The van der Waals surface area contributed by atoms with Crippen molar-refractivity contribution in [1.29, 1.82) is 0 Å². The lowest BCUT2D eigenvalue weighted by Crippen LogP contribution is -2.63. The Morgan fingerprint density at radius 1 is 1.71 bits per heavy atom. The van der Waals surface area contributed by atoms with E-state index in [1.807, 2.05) is 0 Å². The van der Waals surface area contributed by atoms with E-state index in [1.54, 1.807) is 0 Å². The van der Waals surface area contributed by atoms with E-state index in [1.165, 1.54) is 5.06 Å². The van der Waals surface area contributed by atoms with Crippen LogP contribution in [-0.4, -0.2) is 45.8 Å². The van der Waals surface area contributed by atoms with Crippen LogP contribution in [0.25, 0.3) is 0 Å². The Morgan fingerprint density at radius 3 is 2.86 bits per heavy atom. The number of hydrogen-bond acceptors (Lipinski definition) is 7. The van der Waals surface area contributed by atoms with Crippen molar-refractivity contribution >= 4 is 18.0 Å². The van der Waals surface area contributed by atoms with E-state index in [0.717, 1.165) is 18.1 Å². The van der Waals surface area contributed by atoms with Crippen molar-refractivity contribution in [2.24, 2.45) is 0 Å². The molecule has 2 N–H and O–H groups in total. The summed E-state index contributed by atoms with van der Waals surface area (Å²) in [6.07, 6.45) is 1.04. The molecule has 1 aliphatic heterocycles. The summed E-state index contributed by atoms with van der Waals surface area (Å²) in [5.41, 5.74) is -0.977. The molecular weight excluding hydrogens is 210 g/mol. The Morgan fingerprint density at radius 2 is 2.36 bits per heavy atom. The van der Waals surface area contributed by atoms with Crippen LogP contribution in [0.5, 0.6) is 0 Å². The largest absolute Gasteiger partial charge is 0.386 e.